The Bertz CT molecular complexity index is 355. The van der Waals surface area contributed by atoms with E-state index >= 15 is 0 Å². The van der Waals surface area contributed by atoms with E-state index in [0.717, 1.165) is 11.1 Å². The van der Waals surface area contributed by atoms with Crippen molar-refractivity contribution in [3.63, 3.8) is 0 Å². The van der Waals surface area contributed by atoms with Crippen molar-refractivity contribution in [1.82, 2.24) is 10.6 Å². The highest BCUT2D eigenvalue weighted by molar-refractivity contribution is 8.11. The molecule has 86 valence electrons. The Hall–Kier alpha value is -0.300. The van der Waals surface area contributed by atoms with Gasteiger partial charge in [-0.05, 0) is 11.1 Å². The first-order chi connectivity index (χ1) is 7.59. The molecule has 0 spiro atoms. The highest BCUT2D eigenvalue weighted by atomic mass is 32.1. The number of thiol groups is 2. The van der Waals surface area contributed by atoms with Crippen LogP contribution in [0, 0.1) is 0 Å². The molecule has 1 aromatic carbocycles. The smallest absolute Gasteiger partial charge is 0.130 e. The molecule has 2 N–H and O–H groups in total. The summed E-state index contributed by atoms with van der Waals surface area (Å²) in [5.41, 5.74) is 2.33. The largest absolute Gasteiger partial charge is 0.367 e. The Morgan fingerprint density at radius 3 is 1.62 bits per heavy atom. The third kappa shape index (κ3) is 5.16. The van der Waals surface area contributed by atoms with E-state index in [0.29, 0.717) is 21.7 Å². The van der Waals surface area contributed by atoms with E-state index < -0.39 is 0 Å². The van der Waals surface area contributed by atoms with Gasteiger partial charge in [-0.3, -0.25) is 0 Å². The van der Waals surface area contributed by atoms with Crippen molar-refractivity contribution in [3.8, 4) is 0 Å². The highest BCUT2D eigenvalue weighted by Crippen LogP contribution is 2.08. The van der Waals surface area contributed by atoms with E-state index in [9.17, 15) is 0 Å². The molecule has 0 aromatic heterocycles. The van der Waals surface area contributed by atoms with Gasteiger partial charge in [0.1, 0.15) is 8.64 Å². The van der Waals surface area contributed by atoms with Gasteiger partial charge in [-0.25, -0.2) is 0 Å². The van der Waals surface area contributed by atoms with Crippen LogP contribution in [0.1, 0.15) is 11.1 Å². The highest BCUT2D eigenvalue weighted by Gasteiger charge is 2.01. The minimum Gasteiger partial charge on any atom is -0.367 e. The molecule has 16 heavy (non-hydrogen) atoms. The molecule has 0 radical (unpaired) electrons. The molecule has 0 fully saturated rings. The van der Waals surface area contributed by atoms with Crippen LogP contribution in [-0.2, 0) is 13.1 Å². The first-order valence-electron chi connectivity index (χ1n) is 4.60. The Balaban J connectivity index is 2.67. The minimum atomic E-state index is 0.493. The van der Waals surface area contributed by atoms with Gasteiger partial charge < -0.3 is 10.6 Å². The van der Waals surface area contributed by atoms with E-state index in [1.807, 2.05) is 24.3 Å². The molecule has 0 saturated heterocycles. The summed E-state index contributed by atoms with van der Waals surface area (Å²) >= 11 is 17.7. The summed E-state index contributed by atoms with van der Waals surface area (Å²) in [6, 6.07) is 8.05. The molecule has 0 atom stereocenters. The van der Waals surface area contributed by atoms with E-state index in [1.54, 1.807) is 0 Å². The van der Waals surface area contributed by atoms with Crippen molar-refractivity contribution in [2.75, 3.05) is 0 Å². The molecule has 0 aliphatic carbocycles. The van der Waals surface area contributed by atoms with Crippen LogP contribution in [0.3, 0.4) is 0 Å². The fraction of sp³-hybridized carbons (Fsp3) is 0.200. The average Bonchev–Trinajstić information content (AvgIpc) is 2.24. The monoisotopic (exact) mass is 288 g/mol. The van der Waals surface area contributed by atoms with Gasteiger partial charge in [-0.1, -0.05) is 48.7 Å². The van der Waals surface area contributed by atoms with E-state index in [-0.39, 0.29) is 0 Å². The second-order valence-corrected chi connectivity index (χ2v) is 5.40. The molecule has 2 nitrogen and oxygen atoms in total. The Kier molecular flexibility index (Phi) is 6.12. The van der Waals surface area contributed by atoms with Gasteiger partial charge in [0.05, 0.1) is 0 Å². The van der Waals surface area contributed by atoms with Gasteiger partial charge >= 0.3 is 0 Å². The first kappa shape index (κ1) is 13.8. The number of rotatable bonds is 4. The maximum Gasteiger partial charge on any atom is 0.130 e. The van der Waals surface area contributed by atoms with Crippen LogP contribution in [0.5, 0.6) is 0 Å². The maximum absolute atomic E-state index is 4.85. The maximum atomic E-state index is 4.85. The summed E-state index contributed by atoms with van der Waals surface area (Å²) in [6.07, 6.45) is 0. The molecule has 0 aliphatic rings. The SMILES string of the molecule is S=C(S)NCc1ccccc1CNC(=S)S. The molecule has 0 aliphatic heterocycles. The zero-order valence-corrected chi connectivity index (χ0v) is 11.9. The Morgan fingerprint density at radius 2 is 1.31 bits per heavy atom. The van der Waals surface area contributed by atoms with Crippen LogP contribution in [0.2, 0.25) is 0 Å². The fourth-order valence-electron chi connectivity index (χ4n) is 1.24. The van der Waals surface area contributed by atoms with Crippen LogP contribution in [0.15, 0.2) is 24.3 Å². The standard InChI is InChI=1S/C10H12N2S4/c13-9(14)11-5-7-3-1-2-4-8(7)6-12-10(15)16/h1-4H,5-6H2,(H2,11,13,14)(H2,12,15,16). The van der Waals surface area contributed by atoms with Gasteiger partial charge in [0.25, 0.3) is 0 Å². The van der Waals surface area contributed by atoms with Gasteiger partial charge in [-0.2, -0.15) is 0 Å². The summed E-state index contributed by atoms with van der Waals surface area (Å²) in [7, 11) is 0. The van der Waals surface area contributed by atoms with E-state index in [1.165, 1.54) is 0 Å². The average molecular weight is 288 g/mol. The molecule has 1 aromatic rings. The molecule has 0 saturated carbocycles. The molecule has 0 unspecified atom stereocenters. The molecule has 0 amide bonds. The van der Waals surface area contributed by atoms with Gasteiger partial charge in [0.2, 0.25) is 0 Å². The van der Waals surface area contributed by atoms with Crippen LogP contribution in [0.4, 0.5) is 0 Å². The van der Waals surface area contributed by atoms with Crippen molar-refractivity contribution in [2.24, 2.45) is 0 Å². The molecular formula is C10H12N2S4. The third-order valence-electron chi connectivity index (χ3n) is 1.98. The van der Waals surface area contributed by atoms with Gasteiger partial charge in [0.15, 0.2) is 0 Å². The number of thiocarbonyl (C=S) groups is 2. The number of hydrogen-bond acceptors (Lipinski definition) is 2. The predicted octanol–water partition coefficient (Wildman–Crippen LogP) is 2.30. The molecule has 1 rings (SSSR count). The lowest BCUT2D eigenvalue weighted by Gasteiger charge is -2.11. The van der Waals surface area contributed by atoms with E-state index in [2.05, 4.69) is 35.9 Å². The number of hydrogen-bond donors (Lipinski definition) is 4. The second kappa shape index (κ2) is 7.11. The van der Waals surface area contributed by atoms with Crippen LogP contribution in [-0.4, -0.2) is 8.64 Å². The summed E-state index contributed by atoms with van der Waals surface area (Å²) in [6.45, 7) is 1.33. The fourth-order valence-corrected chi connectivity index (χ4v) is 1.55. The topological polar surface area (TPSA) is 24.1 Å². The number of nitrogens with one attached hydrogen (secondary N) is 2. The summed E-state index contributed by atoms with van der Waals surface area (Å²) in [5.74, 6) is 0. The summed E-state index contributed by atoms with van der Waals surface area (Å²) < 4.78 is 0.986. The van der Waals surface area contributed by atoms with Crippen molar-refractivity contribution >= 4 is 58.3 Å². The lowest BCUT2D eigenvalue weighted by molar-refractivity contribution is 0.870. The Labute approximate surface area is 117 Å². The zero-order chi connectivity index (χ0) is 12.0. The second-order valence-electron chi connectivity index (χ2n) is 3.09. The van der Waals surface area contributed by atoms with Crippen molar-refractivity contribution in [3.05, 3.63) is 35.4 Å². The molecule has 0 heterocycles. The van der Waals surface area contributed by atoms with Crippen molar-refractivity contribution in [1.29, 1.82) is 0 Å². The summed E-state index contributed by atoms with van der Waals surface area (Å²) in [4.78, 5) is 0. The van der Waals surface area contributed by atoms with E-state index in [4.69, 9.17) is 24.4 Å². The van der Waals surface area contributed by atoms with Crippen LogP contribution >= 0.6 is 49.7 Å². The van der Waals surface area contributed by atoms with Crippen LogP contribution < -0.4 is 10.6 Å². The molecule has 6 heteroatoms. The quantitative estimate of drug-likeness (QED) is 0.504. The number of benzene rings is 1. The molecule has 0 bridgehead atoms. The van der Waals surface area contributed by atoms with Gasteiger partial charge in [-0.15, -0.1) is 25.3 Å². The lowest BCUT2D eigenvalue weighted by Crippen LogP contribution is -2.20. The summed E-state index contributed by atoms with van der Waals surface area (Å²) in [5, 5.41) is 6.01. The predicted molar refractivity (Wildman–Crippen MR) is 83.3 cm³/mol. The van der Waals surface area contributed by atoms with Crippen molar-refractivity contribution < 1.29 is 0 Å². The van der Waals surface area contributed by atoms with Crippen LogP contribution in [0.25, 0.3) is 0 Å². The van der Waals surface area contributed by atoms with Crippen molar-refractivity contribution in [2.45, 2.75) is 13.1 Å². The zero-order valence-electron chi connectivity index (χ0n) is 8.43. The first-order valence-corrected chi connectivity index (χ1v) is 6.31. The Morgan fingerprint density at radius 1 is 0.938 bits per heavy atom. The van der Waals surface area contributed by atoms with Gasteiger partial charge in [0, 0.05) is 13.1 Å². The molecular weight excluding hydrogens is 276 g/mol. The third-order valence-corrected chi connectivity index (χ3v) is 2.58. The lowest BCUT2D eigenvalue weighted by atomic mass is 10.1. The minimum absolute atomic E-state index is 0.493. The normalized spacial score (nSPS) is 9.62.